The number of nitrogens with two attached hydrogens (primary N) is 1. The molecule has 0 aromatic carbocycles. The Hall–Kier alpha value is -0.640. The average Bonchev–Trinajstić information content (AvgIpc) is 2.51. The zero-order chi connectivity index (χ0) is 10.7. The zero-order valence-electron chi connectivity index (χ0n) is 8.82. The molecule has 2 unspecified atom stereocenters. The highest BCUT2D eigenvalue weighted by Gasteiger charge is 2.30. The standard InChI is InChI=1S/C10H18N2OS/c1-3-8(9(11)14)10(13)12-6-4-5-7(12)2/h7-8H,3-6H2,1-2H3,(H2,11,14). The lowest BCUT2D eigenvalue weighted by Crippen LogP contribution is -2.42. The number of rotatable bonds is 3. The molecule has 0 spiro atoms. The highest BCUT2D eigenvalue weighted by molar-refractivity contribution is 7.80. The van der Waals surface area contributed by atoms with Crippen molar-refractivity contribution in [3.8, 4) is 0 Å². The van der Waals surface area contributed by atoms with Crippen LogP contribution in [0.15, 0.2) is 0 Å². The predicted molar refractivity (Wildman–Crippen MR) is 61.0 cm³/mol. The Bertz CT molecular complexity index is 242. The van der Waals surface area contributed by atoms with Crippen LogP contribution in [0.2, 0.25) is 0 Å². The molecular formula is C10H18N2OS. The largest absolute Gasteiger partial charge is 0.393 e. The van der Waals surface area contributed by atoms with Crippen molar-refractivity contribution in [1.82, 2.24) is 4.90 Å². The number of likely N-dealkylation sites (tertiary alicyclic amines) is 1. The summed E-state index contributed by atoms with van der Waals surface area (Å²) in [4.78, 5) is 14.2. The van der Waals surface area contributed by atoms with Crippen molar-refractivity contribution in [2.45, 2.75) is 39.2 Å². The Morgan fingerprint density at radius 1 is 1.71 bits per heavy atom. The second kappa shape index (κ2) is 4.73. The van der Waals surface area contributed by atoms with Gasteiger partial charge in [0.25, 0.3) is 0 Å². The lowest BCUT2D eigenvalue weighted by molar-refractivity contribution is -0.133. The number of amides is 1. The van der Waals surface area contributed by atoms with Gasteiger partial charge in [-0.2, -0.15) is 0 Å². The fourth-order valence-electron chi connectivity index (χ4n) is 1.96. The van der Waals surface area contributed by atoms with Crippen LogP contribution in [-0.2, 0) is 4.79 Å². The van der Waals surface area contributed by atoms with Crippen LogP contribution in [0.25, 0.3) is 0 Å². The Morgan fingerprint density at radius 2 is 2.36 bits per heavy atom. The van der Waals surface area contributed by atoms with Crippen molar-refractivity contribution in [2.75, 3.05) is 6.54 Å². The molecule has 14 heavy (non-hydrogen) atoms. The monoisotopic (exact) mass is 214 g/mol. The predicted octanol–water partition coefficient (Wildman–Crippen LogP) is 1.31. The van der Waals surface area contributed by atoms with E-state index in [4.69, 9.17) is 18.0 Å². The van der Waals surface area contributed by atoms with Crippen LogP contribution in [-0.4, -0.2) is 28.4 Å². The van der Waals surface area contributed by atoms with E-state index in [-0.39, 0.29) is 11.8 Å². The van der Waals surface area contributed by atoms with Gasteiger partial charge in [-0.1, -0.05) is 19.1 Å². The summed E-state index contributed by atoms with van der Waals surface area (Å²) in [7, 11) is 0. The molecule has 1 rings (SSSR count). The molecule has 2 N–H and O–H groups in total. The van der Waals surface area contributed by atoms with E-state index in [9.17, 15) is 4.79 Å². The molecule has 0 bridgehead atoms. The number of nitrogens with zero attached hydrogens (tertiary/aromatic N) is 1. The zero-order valence-corrected chi connectivity index (χ0v) is 9.64. The molecule has 0 radical (unpaired) electrons. The van der Waals surface area contributed by atoms with Gasteiger partial charge in [0.15, 0.2) is 0 Å². The first-order chi connectivity index (χ1) is 6.57. The van der Waals surface area contributed by atoms with Crippen LogP contribution >= 0.6 is 12.2 Å². The van der Waals surface area contributed by atoms with Gasteiger partial charge < -0.3 is 10.6 Å². The SMILES string of the molecule is CCC(C(=O)N1CCCC1C)C(N)=S. The molecule has 1 fully saturated rings. The molecule has 0 aliphatic carbocycles. The summed E-state index contributed by atoms with van der Waals surface area (Å²) >= 11 is 4.90. The van der Waals surface area contributed by atoms with E-state index in [0.29, 0.717) is 17.5 Å². The fraction of sp³-hybridized carbons (Fsp3) is 0.800. The summed E-state index contributed by atoms with van der Waals surface area (Å²) in [5.41, 5.74) is 5.55. The van der Waals surface area contributed by atoms with Crippen LogP contribution < -0.4 is 5.73 Å². The van der Waals surface area contributed by atoms with Gasteiger partial charge >= 0.3 is 0 Å². The number of hydrogen-bond acceptors (Lipinski definition) is 2. The number of carbonyl (C=O) groups is 1. The summed E-state index contributed by atoms with van der Waals surface area (Å²) in [6, 6.07) is 0.353. The van der Waals surface area contributed by atoms with Gasteiger partial charge in [0.05, 0.1) is 10.9 Å². The first-order valence-corrected chi connectivity index (χ1v) is 5.58. The highest BCUT2D eigenvalue weighted by atomic mass is 32.1. The normalized spacial score (nSPS) is 23.6. The second-order valence-electron chi connectivity index (χ2n) is 3.89. The van der Waals surface area contributed by atoms with Gasteiger partial charge in [0, 0.05) is 12.6 Å². The van der Waals surface area contributed by atoms with Crippen LogP contribution in [0.5, 0.6) is 0 Å². The maximum atomic E-state index is 12.0. The minimum absolute atomic E-state index is 0.116. The van der Waals surface area contributed by atoms with E-state index in [1.807, 2.05) is 11.8 Å². The Balaban J connectivity index is 2.67. The lowest BCUT2D eigenvalue weighted by atomic mass is 10.0. The molecular weight excluding hydrogens is 196 g/mol. The number of thiocarbonyl (C=S) groups is 1. The summed E-state index contributed by atoms with van der Waals surface area (Å²) in [6.45, 7) is 4.89. The van der Waals surface area contributed by atoms with E-state index in [1.165, 1.54) is 0 Å². The van der Waals surface area contributed by atoms with Crippen LogP contribution in [0.1, 0.15) is 33.1 Å². The number of carbonyl (C=O) groups excluding carboxylic acids is 1. The topological polar surface area (TPSA) is 46.3 Å². The Labute approximate surface area is 90.6 Å². The van der Waals surface area contributed by atoms with Crippen molar-refractivity contribution < 1.29 is 4.79 Å². The van der Waals surface area contributed by atoms with Crippen molar-refractivity contribution in [2.24, 2.45) is 11.7 Å². The van der Waals surface area contributed by atoms with Crippen molar-refractivity contribution in [1.29, 1.82) is 0 Å². The van der Waals surface area contributed by atoms with E-state index in [1.54, 1.807) is 0 Å². The van der Waals surface area contributed by atoms with E-state index >= 15 is 0 Å². The second-order valence-corrected chi connectivity index (χ2v) is 4.36. The molecule has 2 atom stereocenters. The smallest absolute Gasteiger partial charge is 0.232 e. The van der Waals surface area contributed by atoms with Gasteiger partial charge in [-0.3, -0.25) is 4.79 Å². The molecule has 1 saturated heterocycles. The van der Waals surface area contributed by atoms with Crippen LogP contribution in [0.3, 0.4) is 0 Å². The lowest BCUT2D eigenvalue weighted by Gasteiger charge is -2.25. The maximum absolute atomic E-state index is 12.0. The van der Waals surface area contributed by atoms with E-state index in [2.05, 4.69) is 6.92 Å². The average molecular weight is 214 g/mol. The number of hydrogen-bond donors (Lipinski definition) is 1. The highest BCUT2D eigenvalue weighted by Crippen LogP contribution is 2.20. The van der Waals surface area contributed by atoms with E-state index < -0.39 is 0 Å². The van der Waals surface area contributed by atoms with Gasteiger partial charge in [0.1, 0.15) is 0 Å². The van der Waals surface area contributed by atoms with Gasteiger partial charge in [0.2, 0.25) is 5.91 Å². The van der Waals surface area contributed by atoms with Gasteiger partial charge in [-0.15, -0.1) is 0 Å². The van der Waals surface area contributed by atoms with Crippen LogP contribution in [0.4, 0.5) is 0 Å². The molecule has 1 aliphatic heterocycles. The fourth-order valence-corrected chi connectivity index (χ4v) is 2.23. The summed E-state index contributed by atoms with van der Waals surface area (Å²) in [5.74, 6) is -0.143. The van der Waals surface area contributed by atoms with E-state index in [0.717, 1.165) is 19.4 Å². The first kappa shape index (κ1) is 11.4. The van der Waals surface area contributed by atoms with Gasteiger partial charge in [-0.05, 0) is 26.2 Å². The van der Waals surface area contributed by atoms with Crippen molar-refractivity contribution in [3.63, 3.8) is 0 Å². The molecule has 4 heteroatoms. The molecule has 0 saturated carbocycles. The minimum Gasteiger partial charge on any atom is -0.393 e. The quantitative estimate of drug-likeness (QED) is 0.721. The third-order valence-electron chi connectivity index (χ3n) is 2.89. The third-order valence-corrected chi connectivity index (χ3v) is 3.17. The third kappa shape index (κ3) is 2.23. The molecule has 1 amide bonds. The minimum atomic E-state index is -0.259. The maximum Gasteiger partial charge on any atom is 0.232 e. The molecule has 0 aromatic rings. The summed E-state index contributed by atoms with van der Waals surface area (Å²) < 4.78 is 0. The first-order valence-electron chi connectivity index (χ1n) is 5.17. The van der Waals surface area contributed by atoms with Crippen LogP contribution in [0, 0.1) is 5.92 Å². The molecule has 1 heterocycles. The Morgan fingerprint density at radius 3 is 2.71 bits per heavy atom. The molecule has 80 valence electrons. The molecule has 3 nitrogen and oxygen atoms in total. The Kier molecular flexibility index (Phi) is 3.86. The van der Waals surface area contributed by atoms with Gasteiger partial charge in [-0.25, -0.2) is 0 Å². The van der Waals surface area contributed by atoms with Crippen molar-refractivity contribution in [3.05, 3.63) is 0 Å². The molecule has 0 aromatic heterocycles. The molecule has 1 aliphatic rings. The summed E-state index contributed by atoms with van der Waals surface area (Å²) in [5, 5.41) is 0. The summed E-state index contributed by atoms with van der Waals surface area (Å²) in [6.07, 6.45) is 2.90. The van der Waals surface area contributed by atoms with Crippen molar-refractivity contribution >= 4 is 23.1 Å².